The van der Waals surface area contributed by atoms with Crippen molar-refractivity contribution >= 4 is 13.7 Å². The molecular formula is C67H134N2O6P+. The van der Waals surface area contributed by atoms with E-state index in [2.05, 4.69) is 31.3 Å². The number of carbonyl (C=O) groups is 1. The molecule has 3 unspecified atom stereocenters. The van der Waals surface area contributed by atoms with Crippen LogP contribution in [0.25, 0.3) is 0 Å². The van der Waals surface area contributed by atoms with Gasteiger partial charge >= 0.3 is 7.82 Å². The van der Waals surface area contributed by atoms with E-state index in [9.17, 15) is 19.4 Å². The van der Waals surface area contributed by atoms with E-state index in [1.807, 2.05) is 27.2 Å². The highest BCUT2D eigenvalue weighted by molar-refractivity contribution is 7.47. The van der Waals surface area contributed by atoms with Crippen LogP contribution in [-0.2, 0) is 18.4 Å². The minimum absolute atomic E-state index is 0.0644. The van der Waals surface area contributed by atoms with Gasteiger partial charge in [0.2, 0.25) is 5.91 Å². The molecule has 0 rings (SSSR count). The largest absolute Gasteiger partial charge is 0.472 e. The number of aliphatic hydroxyl groups is 1. The Hall–Kier alpha value is -1.02. The van der Waals surface area contributed by atoms with Crippen LogP contribution in [0.2, 0.25) is 0 Å². The molecule has 0 aliphatic carbocycles. The number of quaternary nitrogens is 1. The fourth-order valence-electron chi connectivity index (χ4n) is 10.4. The summed E-state index contributed by atoms with van der Waals surface area (Å²) in [6.45, 7) is 4.85. The van der Waals surface area contributed by atoms with Crippen molar-refractivity contribution in [3.8, 4) is 0 Å². The van der Waals surface area contributed by atoms with Gasteiger partial charge in [0.05, 0.1) is 39.9 Å². The van der Waals surface area contributed by atoms with Crippen molar-refractivity contribution in [1.29, 1.82) is 0 Å². The molecule has 3 N–H and O–H groups in total. The molecule has 0 aromatic rings. The third kappa shape index (κ3) is 60.6. The third-order valence-corrected chi connectivity index (χ3v) is 16.6. The highest BCUT2D eigenvalue weighted by Crippen LogP contribution is 2.43. The van der Waals surface area contributed by atoms with Crippen LogP contribution >= 0.6 is 7.82 Å². The Kier molecular flexibility index (Phi) is 57.8. The van der Waals surface area contributed by atoms with Crippen LogP contribution in [0.1, 0.15) is 348 Å². The number of phosphoric acid groups is 1. The Balaban J connectivity index is 3.80. The fourth-order valence-corrected chi connectivity index (χ4v) is 11.1. The molecule has 0 aromatic heterocycles. The molecule has 0 bridgehead atoms. The van der Waals surface area contributed by atoms with E-state index in [4.69, 9.17) is 9.05 Å². The number of carbonyl (C=O) groups excluding carboxylic acids is 1. The number of hydrogen-bond donors (Lipinski definition) is 3. The molecule has 0 heterocycles. The standard InChI is InChI=1S/C67H133N2O6P/c1-6-8-10-12-14-16-18-20-21-22-23-24-25-26-27-28-29-30-31-32-33-34-35-36-37-38-39-40-41-42-43-44-45-46-47-49-51-53-55-57-59-61-67(71)68-65(64-75-76(72,73)74-63-62-69(3,4)5)66(70)60-58-56-54-52-50-48-19-17-15-13-11-9-7-2/h22-23,58,60,65-66,70H,6-21,24-57,59,61-64H2,1-5H3,(H-,68,71,72,73)/p+1/b23-22-,60-58+. The Morgan fingerprint density at radius 1 is 0.434 bits per heavy atom. The average Bonchev–Trinajstić information content (AvgIpc) is 3.38. The second-order valence-electron chi connectivity index (χ2n) is 24.6. The lowest BCUT2D eigenvalue weighted by Crippen LogP contribution is -2.45. The van der Waals surface area contributed by atoms with E-state index in [1.165, 1.54) is 289 Å². The van der Waals surface area contributed by atoms with E-state index in [1.54, 1.807) is 6.08 Å². The summed E-state index contributed by atoms with van der Waals surface area (Å²) in [6.07, 6.45) is 76.3. The second kappa shape index (κ2) is 58.6. The first-order chi connectivity index (χ1) is 37.0. The van der Waals surface area contributed by atoms with Gasteiger partial charge in [0.25, 0.3) is 0 Å². The number of nitrogens with one attached hydrogen (secondary N) is 1. The first-order valence-corrected chi connectivity index (χ1v) is 35.2. The van der Waals surface area contributed by atoms with E-state index < -0.39 is 20.0 Å². The number of rotatable bonds is 63. The number of hydrogen-bond acceptors (Lipinski definition) is 5. The van der Waals surface area contributed by atoms with Gasteiger partial charge in [-0.2, -0.15) is 0 Å². The highest BCUT2D eigenvalue weighted by atomic mass is 31.2. The van der Waals surface area contributed by atoms with Crippen molar-refractivity contribution in [3.05, 3.63) is 24.3 Å². The van der Waals surface area contributed by atoms with Crippen molar-refractivity contribution in [2.24, 2.45) is 0 Å². The maximum Gasteiger partial charge on any atom is 0.472 e. The first-order valence-electron chi connectivity index (χ1n) is 33.7. The molecule has 0 aliphatic heterocycles. The molecule has 8 nitrogen and oxygen atoms in total. The molecule has 0 fully saturated rings. The van der Waals surface area contributed by atoms with Crippen LogP contribution in [0.5, 0.6) is 0 Å². The summed E-state index contributed by atoms with van der Waals surface area (Å²) >= 11 is 0. The van der Waals surface area contributed by atoms with Gasteiger partial charge in [-0.15, -0.1) is 0 Å². The number of phosphoric ester groups is 1. The number of aliphatic hydroxyl groups excluding tert-OH is 1. The second-order valence-corrected chi connectivity index (χ2v) is 26.0. The van der Waals surface area contributed by atoms with Gasteiger partial charge in [-0.3, -0.25) is 13.8 Å². The molecule has 3 atom stereocenters. The van der Waals surface area contributed by atoms with Crippen molar-refractivity contribution < 1.29 is 32.9 Å². The van der Waals surface area contributed by atoms with Crippen molar-refractivity contribution in [1.82, 2.24) is 5.32 Å². The lowest BCUT2D eigenvalue weighted by Gasteiger charge is -2.25. The maximum atomic E-state index is 13.0. The quantitative estimate of drug-likeness (QED) is 0.0243. The van der Waals surface area contributed by atoms with Crippen LogP contribution in [-0.4, -0.2) is 73.4 Å². The van der Waals surface area contributed by atoms with Gasteiger partial charge in [-0.25, -0.2) is 4.57 Å². The summed E-state index contributed by atoms with van der Waals surface area (Å²) in [6, 6.07) is -0.842. The van der Waals surface area contributed by atoms with Gasteiger partial charge in [0.1, 0.15) is 13.2 Å². The van der Waals surface area contributed by atoms with Gasteiger partial charge in [-0.05, 0) is 44.9 Å². The lowest BCUT2D eigenvalue weighted by atomic mass is 10.0. The molecule has 0 saturated carbocycles. The number of allylic oxidation sites excluding steroid dienone is 3. The number of nitrogens with zero attached hydrogens (tertiary/aromatic N) is 1. The number of likely N-dealkylation sites (N-methyl/N-ethyl adjacent to an activating group) is 1. The zero-order valence-electron chi connectivity index (χ0n) is 51.8. The van der Waals surface area contributed by atoms with Crippen LogP contribution in [0.3, 0.4) is 0 Å². The normalized spacial score (nSPS) is 13.8. The van der Waals surface area contributed by atoms with Crippen molar-refractivity contribution in [3.63, 3.8) is 0 Å². The fraction of sp³-hybridized carbons (Fsp3) is 0.925. The SMILES string of the molecule is CCCCCCCCCC/C=C\CCCCCCCCCCCCCCCCCCCCCCCCCCCCCCCC(=O)NC(COP(=O)(O)OCC[N+](C)(C)C)C(O)/C=C/CCCCCCCCCCCCC. The summed E-state index contributed by atoms with van der Waals surface area (Å²) in [7, 11) is 1.59. The predicted octanol–water partition coefficient (Wildman–Crippen LogP) is 21.1. The molecular weight excluding hydrogens is 960 g/mol. The average molecular weight is 1090 g/mol. The Bertz CT molecular complexity index is 1290. The van der Waals surface area contributed by atoms with Gasteiger partial charge in [-0.1, -0.05) is 321 Å². The van der Waals surface area contributed by atoms with Crippen LogP contribution in [0.4, 0.5) is 0 Å². The Morgan fingerprint density at radius 2 is 0.711 bits per heavy atom. The molecule has 76 heavy (non-hydrogen) atoms. The topological polar surface area (TPSA) is 105 Å². The van der Waals surface area contributed by atoms with Crippen LogP contribution in [0.15, 0.2) is 24.3 Å². The van der Waals surface area contributed by atoms with E-state index in [0.29, 0.717) is 17.4 Å². The minimum atomic E-state index is -4.34. The predicted molar refractivity (Wildman–Crippen MR) is 332 cm³/mol. The Morgan fingerprint density at radius 3 is 1.01 bits per heavy atom. The summed E-state index contributed by atoms with van der Waals surface area (Å²) in [5.74, 6) is -0.170. The first kappa shape index (κ1) is 75.0. The zero-order valence-corrected chi connectivity index (χ0v) is 52.7. The molecule has 452 valence electrons. The summed E-state index contributed by atoms with van der Waals surface area (Å²) < 4.78 is 23.7. The zero-order chi connectivity index (χ0) is 55.6. The molecule has 9 heteroatoms. The van der Waals surface area contributed by atoms with Gasteiger partial charge in [0.15, 0.2) is 0 Å². The summed E-state index contributed by atoms with van der Waals surface area (Å²) in [5.41, 5.74) is 0. The summed E-state index contributed by atoms with van der Waals surface area (Å²) in [4.78, 5) is 23.3. The van der Waals surface area contributed by atoms with Crippen LogP contribution in [0, 0.1) is 0 Å². The smallest absolute Gasteiger partial charge is 0.387 e. The maximum absolute atomic E-state index is 13.0. The van der Waals surface area contributed by atoms with E-state index >= 15 is 0 Å². The van der Waals surface area contributed by atoms with Gasteiger partial charge < -0.3 is 19.8 Å². The molecule has 0 aliphatic rings. The molecule has 0 spiro atoms. The molecule has 0 radical (unpaired) electrons. The molecule has 0 saturated heterocycles. The van der Waals surface area contributed by atoms with Crippen molar-refractivity contribution in [2.75, 3.05) is 40.9 Å². The monoisotopic (exact) mass is 1090 g/mol. The Labute approximate surface area is 474 Å². The minimum Gasteiger partial charge on any atom is -0.387 e. The molecule has 0 aromatic carbocycles. The lowest BCUT2D eigenvalue weighted by molar-refractivity contribution is -0.870. The van der Waals surface area contributed by atoms with Crippen molar-refractivity contribution in [2.45, 2.75) is 360 Å². The highest BCUT2D eigenvalue weighted by Gasteiger charge is 2.28. The van der Waals surface area contributed by atoms with E-state index in [0.717, 1.165) is 38.5 Å². The third-order valence-electron chi connectivity index (χ3n) is 15.7. The van der Waals surface area contributed by atoms with Gasteiger partial charge in [0, 0.05) is 6.42 Å². The summed E-state index contributed by atoms with van der Waals surface area (Å²) in [5, 5.41) is 13.9. The van der Waals surface area contributed by atoms with Crippen LogP contribution < -0.4 is 5.32 Å². The number of amides is 1. The number of unbranched alkanes of at least 4 members (excludes halogenated alkanes) is 48. The molecule has 1 amide bonds. The van der Waals surface area contributed by atoms with E-state index in [-0.39, 0.29) is 19.1 Å².